The van der Waals surface area contributed by atoms with Crippen molar-refractivity contribution in [3.8, 4) is 0 Å². The number of amides is 2. The summed E-state index contributed by atoms with van der Waals surface area (Å²) in [4.78, 5) is 13.2. The zero-order valence-electron chi connectivity index (χ0n) is 13.1. The molecule has 1 aromatic carbocycles. The SMILES string of the molecule is C[C@H](C[S@](C)=O)NC(=O)Nc1ccccc1SC1CCCC1. The molecule has 6 heteroatoms. The van der Waals surface area contributed by atoms with E-state index in [1.165, 1.54) is 25.7 Å². The molecule has 0 unspecified atom stereocenters. The average Bonchev–Trinajstić information content (AvgIpc) is 2.92. The number of benzene rings is 1. The van der Waals surface area contributed by atoms with Crippen LogP contribution in [0.15, 0.2) is 29.2 Å². The second-order valence-electron chi connectivity index (χ2n) is 5.76. The van der Waals surface area contributed by atoms with Crippen LogP contribution in [-0.2, 0) is 10.8 Å². The maximum Gasteiger partial charge on any atom is 0.319 e. The van der Waals surface area contributed by atoms with Gasteiger partial charge in [0.15, 0.2) is 0 Å². The van der Waals surface area contributed by atoms with Crippen LogP contribution in [-0.4, -0.2) is 33.5 Å². The van der Waals surface area contributed by atoms with E-state index in [4.69, 9.17) is 0 Å². The first-order chi connectivity index (χ1) is 10.5. The van der Waals surface area contributed by atoms with Crippen molar-refractivity contribution in [2.45, 2.75) is 48.8 Å². The summed E-state index contributed by atoms with van der Waals surface area (Å²) >= 11 is 1.86. The van der Waals surface area contributed by atoms with E-state index < -0.39 is 10.8 Å². The van der Waals surface area contributed by atoms with E-state index in [0.29, 0.717) is 11.0 Å². The molecule has 0 radical (unpaired) electrons. The van der Waals surface area contributed by atoms with E-state index in [9.17, 15) is 9.00 Å². The highest BCUT2D eigenvalue weighted by atomic mass is 32.2. The van der Waals surface area contributed by atoms with Crippen molar-refractivity contribution < 1.29 is 9.00 Å². The normalized spacial score (nSPS) is 17.9. The Bertz CT molecular complexity index is 531. The number of para-hydroxylation sites is 1. The lowest BCUT2D eigenvalue weighted by Gasteiger charge is -2.16. The Morgan fingerprint density at radius 3 is 2.73 bits per heavy atom. The minimum Gasteiger partial charge on any atom is -0.334 e. The summed E-state index contributed by atoms with van der Waals surface area (Å²) in [6.45, 7) is 1.86. The van der Waals surface area contributed by atoms with Crippen LogP contribution < -0.4 is 10.6 Å². The van der Waals surface area contributed by atoms with Gasteiger partial charge in [0.1, 0.15) is 0 Å². The van der Waals surface area contributed by atoms with Gasteiger partial charge in [-0.1, -0.05) is 25.0 Å². The number of anilines is 1. The largest absolute Gasteiger partial charge is 0.334 e. The molecule has 4 nitrogen and oxygen atoms in total. The van der Waals surface area contributed by atoms with E-state index in [-0.39, 0.29) is 12.1 Å². The molecule has 0 aromatic heterocycles. The fourth-order valence-corrected chi connectivity index (χ4v) is 4.75. The second-order valence-corrected chi connectivity index (χ2v) is 8.58. The molecule has 2 rings (SSSR count). The number of thioether (sulfide) groups is 1. The number of carbonyl (C=O) groups excluding carboxylic acids is 1. The van der Waals surface area contributed by atoms with Gasteiger partial charge >= 0.3 is 6.03 Å². The predicted octanol–water partition coefficient (Wildman–Crippen LogP) is 3.61. The lowest BCUT2D eigenvalue weighted by molar-refractivity contribution is 0.250. The molecular weight excluding hydrogens is 316 g/mol. The minimum atomic E-state index is -0.913. The number of nitrogens with one attached hydrogen (secondary N) is 2. The minimum absolute atomic E-state index is 0.111. The molecule has 2 atom stereocenters. The smallest absolute Gasteiger partial charge is 0.319 e. The molecule has 1 aromatic rings. The van der Waals surface area contributed by atoms with E-state index in [1.807, 2.05) is 36.9 Å². The Hall–Kier alpha value is -1.01. The quantitative estimate of drug-likeness (QED) is 0.832. The van der Waals surface area contributed by atoms with Crippen LogP contribution in [0.4, 0.5) is 10.5 Å². The number of rotatable bonds is 6. The van der Waals surface area contributed by atoms with Gasteiger partial charge in [0, 0.05) is 39.0 Å². The van der Waals surface area contributed by atoms with Gasteiger partial charge < -0.3 is 10.6 Å². The lowest BCUT2D eigenvalue weighted by Crippen LogP contribution is -2.39. The number of hydrogen-bond acceptors (Lipinski definition) is 3. The first kappa shape index (κ1) is 17.3. The van der Waals surface area contributed by atoms with Crippen LogP contribution in [0.5, 0.6) is 0 Å². The Labute approximate surface area is 139 Å². The fraction of sp³-hybridized carbons (Fsp3) is 0.562. The van der Waals surface area contributed by atoms with E-state index in [1.54, 1.807) is 6.26 Å². The van der Waals surface area contributed by atoms with Crippen molar-refractivity contribution in [3.63, 3.8) is 0 Å². The van der Waals surface area contributed by atoms with Crippen molar-refractivity contribution in [3.05, 3.63) is 24.3 Å². The van der Waals surface area contributed by atoms with Crippen molar-refractivity contribution in [1.82, 2.24) is 5.32 Å². The molecule has 0 aliphatic heterocycles. The highest BCUT2D eigenvalue weighted by Crippen LogP contribution is 2.37. The molecule has 1 fully saturated rings. The van der Waals surface area contributed by atoms with Gasteiger partial charge in [0.05, 0.1) is 5.69 Å². The Kier molecular flexibility index (Phi) is 6.76. The molecule has 2 N–H and O–H groups in total. The lowest BCUT2D eigenvalue weighted by atomic mass is 10.3. The van der Waals surface area contributed by atoms with Crippen LogP contribution in [0.25, 0.3) is 0 Å². The Morgan fingerprint density at radius 1 is 1.36 bits per heavy atom. The fourth-order valence-electron chi connectivity index (χ4n) is 2.63. The van der Waals surface area contributed by atoms with Crippen molar-refractivity contribution in [1.29, 1.82) is 0 Å². The topological polar surface area (TPSA) is 58.2 Å². The van der Waals surface area contributed by atoms with Crippen molar-refractivity contribution >= 4 is 34.3 Å². The van der Waals surface area contributed by atoms with Crippen molar-refractivity contribution in [2.75, 3.05) is 17.3 Å². The van der Waals surface area contributed by atoms with Gasteiger partial charge in [0.25, 0.3) is 0 Å². The zero-order chi connectivity index (χ0) is 15.9. The zero-order valence-corrected chi connectivity index (χ0v) is 14.8. The third-order valence-electron chi connectivity index (χ3n) is 3.59. The maximum atomic E-state index is 12.1. The summed E-state index contributed by atoms with van der Waals surface area (Å²) in [5.41, 5.74) is 0.849. The highest BCUT2D eigenvalue weighted by molar-refractivity contribution is 8.00. The van der Waals surface area contributed by atoms with Gasteiger partial charge in [-0.3, -0.25) is 4.21 Å². The standard InChI is InChI=1S/C16H24N2O2S2/c1-12(11-22(2)20)17-16(19)18-14-9-5-6-10-15(14)21-13-7-3-4-8-13/h5-6,9-10,12-13H,3-4,7-8,11H2,1-2H3,(H2,17,18,19)/t12-,22+/m1/s1. The van der Waals surface area contributed by atoms with Crippen LogP contribution in [0.1, 0.15) is 32.6 Å². The number of hydrogen-bond donors (Lipinski definition) is 2. The van der Waals surface area contributed by atoms with E-state index in [0.717, 1.165) is 10.6 Å². The predicted molar refractivity (Wildman–Crippen MR) is 95.1 cm³/mol. The van der Waals surface area contributed by atoms with Gasteiger partial charge in [0.2, 0.25) is 0 Å². The number of urea groups is 1. The molecule has 0 spiro atoms. The molecule has 122 valence electrons. The monoisotopic (exact) mass is 340 g/mol. The van der Waals surface area contributed by atoms with Crippen molar-refractivity contribution in [2.24, 2.45) is 0 Å². The summed E-state index contributed by atoms with van der Waals surface area (Å²) in [5, 5.41) is 6.41. The first-order valence-electron chi connectivity index (χ1n) is 7.68. The summed E-state index contributed by atoms with van der Waals surface area (Å²) < 4.78 is 11.2. The summed E-state index contributed by atoms with van der Waals surface area (Å²) in [6, 6.07) is 7.57. The first-order valence-corrected chi connectivity index (χ1v) is 10.3. The summed E-state index contributed by atoms with van der Waals surface area (Å²) in [5.74, 6) is 0.464. The Morgan fingerprint density at radius 2 is 2.05 bits per heavy atom. The van der Waals surface area contributed by atoms with Crippen LogP contribution in [0.3, 0.4) is 0 Å². The molecule has 0 bridgehead atoms. The molecule has 0 saturated heterocycles. The summed E-state index contributed by atoms with van der Waals surface area (Å²) in [7, 11) is -0.913. The molecule has 22 heavy (non-hydrogen) atoms. The van der Waals surface area contributed by atoms with Crippen LogP contribution in [0.2, 0.25) is 0 Å². The molecule has 1 aliphatic carbocycles. The highest BCUT2D eigenvalue weighted by Gasteiger charge is 2.18. The molecule has 1 aliphatic rings. The molecule has 0 heterocycles. The summed E-state index contributed by atoms with van der Waals surface area (Å²) in [6.07, 6.45) is 6.76. The van der Waals surface area contributed by atoms with Gasteiger partial charge in [-0.05, 0) is 31.9 Å². The number of carbonyl (C=O) groups is 1. The van der Waals surface area contributed by atoms with E-state index >= 15 is 0 Å². The molecule has 1 saturated carbocycles. The van der Waals surface area contributed by atoms with Crippen LogP contribution >= 0.6 is 11.8 Å². The van der Waals surface area contributed by atoms with Crippen LogP contribution in [0, 0.1) is 0 Å². The average molecular weight is 341 g/mol. The van der Waals surface area contributed by atoms with Gasteiger partial charge in [-0.15, -0.1) is 11.8 Å². The molecular formula is C16H24N2O2S2. The van der Waals surface area contributed by atoms with Gasteiger partial charge in [-0.25, -0.2) is 4.79 Å². The maximum absolute atomic E-state index is 12.1. The third-order valence-corrected chi connectivity index (χ3v) is 5.98. The van der Waals surface area contributed by atoms with Gasteiger partial charge in [-0.2, -0.15) is 0 Å². The Balaban J connectivity index is 1.93. The third kappa shape index (κ3) is 5.65. The molecule has 2 amide bonds. The van der Waals surface area contributed by atoms with E-state index in [2.05, 4.69) is 16.7 Å². The second kappa shape index (κ2) is 8.58.